The Hall–Kier alpha value is -3.61. The fourth-order valence-corrected chi connectivity index (χ4v) is 3.21. The van der Waals surface area contributed by atoms with E-state index >= 15 is 0 Å². The van der Waals surface area contributed by atoms with Crippen molar-refractivity contribution in [2.75, 3.05) is 26.2 Å². The Morgan fingerprint density at radius 1 is 1.07 bits per heavy atom. The first-order valence-corrected chi connectivity index (χ1v) is 8.75. The number of amides is 1. The first-order valence-electron chi connectivity index (χ1n) is 8.75. The third kappa shape index (κ3) is 3.59. The predicted octanol–water partition coefficient (Wildman–Crippen LogP) is 3.72. The molecule has 0 unspecified atom stereocenters. The number of rotatable bonds is 5. The van der Waals surface area contributed by atoms with Crippen LogP contribution >= 0.6 is 0 Å². The summed E-state index contributed by atoms with van der Waals surface area (Å²) in [7, 11) is 4.24. The number of hydrogen-bond acceptors (Lipinski definition) is 5. The molecule has 0 saturated heterocycles. The monoisotopic (exact) mass is 397 g/mol. The summed E-state index contributed by atoms with van der Waals surface area (Å²) in [6, 6.07) is 10.9. The summed E-state index contributed by atoms with van der Waals surface area (Å²) in [6.45, 7) is 1.57. The number of methoxy groups -OCH3 is 3. The highest BCUT2D eigenvalue weighted by Gasteiger charge is 2.39. The van der Waals surface area contributed by atoms with Gasteiger partial charge >= 0.3 is 5.97 Å². The number of esters is 1. The van der Waals surface area contributed by atoms with Crippen molar-refractivity contribution in [1.29, 1.82) is 0 Å². The van der Waals surface area contributed by atoms with E-state index < -0.39 is 17.7 Å². The standard InChI is InChI=1S/C22H20FNO5/c1-13-20(22(26)29-4)16(12-14-11-15(27-2)9-10-19(14)28-3)21(25)24(13)18-8-6-5-7-17(18)23/h5-12H,1-4H3/b16-12-. The summed E-state index contributed by atoms with van der Waals surface area (Å²) in [5, 5.41) is 0. The van der Waals surface area contributed by atoms with Gasteiger partial charge in [-0.1, -0.05) is 12.1 Å². The topological polar surface area (TPSA) is 65.1 Å². The highest BCUT2D eigenvalue weighted by atomic mass is 19.1. The highest BCUT2D eigenvalue weighted by molar-refractivity contribution is 6.24. The predicted molar refractivity (Wildman–Crippen MR) is 106 cm³/mol. The molecule has 0 bridgehead atoms. The largest absolute Gasteiger partial charge is 0.497 e. The van der Waals surface area contributed by atoms with E-state index in [4.69, 9.17) is 14.2 Å². The van der Waals surface area contributed by atoms with E-state index in [1.165, 1.54) is 50.5 Å². The summed E-state index contributed by atoms with van der Waals surface area (Å²) in [5.74, 6) is -0.781. The zero-order valence-electron chi connectivity index (χ0n) is 16.5. The lowest BCUT2D eigenvalue weighted by atomic mass is 10.0. The fraction of sp³-hybridized carbons (Fsp3) is 0.182. The maximum Gasteiger partial charge on any atom is 0.340 e. The first kappa shape index (κ1) is 20.1. The van der Waals surface area contributed by atoms with Crippen LogP contribution in [0.2, 0.25) is 0 Å². The van der Waals surface area contributed by atoms with Crippen LogP contribution in [0.15, 0.2) is 59.3 Å². The van der Waals surface area contributed by atoms with E-state index in [2.05, 4.69) is 0 Å². The highest BCUT2D eigenvalue weighted by Crippen LogP contribution is 2.37. The van der Waals surface area contributed by atoms with Gasteiger partial charge in [-0.3, -0.25) is 9.69 Å². The van der Waals surface area contributed by atoms with Crippen LogP contribution in [0.3, 0.4) is 0 Å². The van der Waals surface area contributed by atoms with E-state index in [-0.39, 0.29) is 22.5 Å². The van der Waals surface area contributed by atoms with Crippen molar-refractivity contribution in [2.24, 2.45) is 0 Å². The van der Waals surface area contributed by atoms with Gasteiger partial charge in [0.15, 0.2) is 0 Å². The van der Waals surface area contributed by atoms with Crippen LogP contribution in [0.1, 0.15) is 12.5 Å². The molecule has 0 aliphatic carbocycles. The fourth-order valence-electron chi connectivity index (χ4n) is 3.21. The molecule has 0 saturated carbocycles. The van der Waals surface area contributed by atoms with Crippen molar-refractivity contribution < 1.29 is 28.2 Å². The second-order valence-electron chi connectivity index (χ2n) is 6.21. The smallest absolute Gasteiger partial charge is 0.340 e. The third-order valence-electron chi connectivity index (χ3n) is 4.62. The van der Waals surface area contributed by atoms with E-state index in [1.54, 1.807) is 31.2 Å². The van der Waals surface area contributed by atoms with Gasteiger partial charge in [0.25, 0.3) is 5.91 Å². The molecule has 1 aliphatic heterocycles. The maximum atomic E-state index is 14.4. The Bertz CT molecular complexity index is 1040. The van der Waals surface area contributed by atoms with Crippen molar-refractivity contribution in [2.45, 2.75) is 6.92 Å². The molecule has 0 fully saturated rings. The number of benzene rings is 2. The molecule has 2 aromatic rings. The van der Waals surface area contributed by atoms with E-state index in [9.17, 15) is 14.0 Å². The number of para-hydroxylation sites is 1. The molecule has 0 spiro atoms. The summed E-state index contributed by atoms with van der Waals surface area (Å²) < 4.78 is 29.8. The molecule has 3 rings (SSSR count). The second kappa shape index (κ2) is 8.18. The Kier molecular flexibility index (Phi) is 5.68. The number of hydrogen-bond donors (Lipinski definition) is 0. The van der Waals surface area contributed by atoms with Gasteiger partial charge in [-0.2, -0.15) is 0 Å². The van der Waals surface area contributed by atoms with Gasteiger partial charge < -0.3 is 14.2 Å². The van der Waals surface area contributed by atoms with Gasteiger partial charge in [-0.25, -0.2) is 9.18 Å². The molecular formula is C22H20FNO5. The van der Waals surface area contributed by atoms with Crippen molar-refractivity contribution in [3.8, 4) is 11.5 Å². The Labute approximate surface area is 167 Å². The SMILES string of the molecule is COC(=O)C1=C(C)N(c2ccccc2F)C(=O)/C1=C\c1cc(OC)ccc1OC. The number of allylic oxidation sites excluding steroid dienone is 1. The molecule has 0 atom stereocenters. The van der Waals surface area contributed by atoms with Crippen LogP contribution < -0.4 is 14.4 Å². The van der Waals surface area contributed by atoms with E-state index in [1.807, 2.05) is 0 Å². The lowest BCUT2D eigenvalue weighted by Gasteiger charge is -2.18. The van der Waals surface area contributed by atoms with Gasteiger partial charge in [0.2, 0.25) is 0 Å². The molecule has 7 heteroatoms. The lowest BCUT2D eigenvalue weighted by molar-refractivity contribution is -0.136. The summed E-state index contributed by atoms with van der Waals surface area (Å²) in [5.41, 5.74) is 0.993. The number of halogens is 1. The van der Waals surface area contributed by atoms with Crippen LogP contribution in [-0.4, -0.2) is 33.2 Å². The number of carbonyl (C=O) groups is 2. The van der Waals surface area contributed by atoms with Crippen LogP contribution in [0.4, 0.5) is 10.1 Å². The molecule has 1 amide bonds. The summed E-state index contributed by atoms with van der Waals surface area (Å²) in [4.78, 5) is 26.9. The number of anilines is 1. The molecule has 2 aromatic carbocycles. The molecule has 1 aliphatic rings. The average molecular weight is 397 g/mol. The molecule has 6 nitrogen and oxygen atoms in total. The minimum absolute atomic E-state index is 0.0532. The van der Waals surface area contributed by atoms with Crippen molar-refractivity contribution in [1.82, 2.24) is 0 Å². The molecule has 29 heavy (non-hydrogen) atoms. The quantitative estimate of drug-likeness (QED) is 0.568. The lowest BCUT2D eigenvalue weighted by Crippen LogP contribution is -2.25. The number of nitrogens with zero attached hydrogens (tertiary/aromatic N) is 1. The average Bonchev–Trinajstić information content (AvgIpc) is 2.97. The summed E-state index contributed by atoms with van der Waals surface area (Å²) >= 11 is 0. The Morgan fingerprint density at radius 2 is 1.79 bits per heavy atom. The Balaban J connectivity index is 2.21. The summed E-state index contributed by atoms with van der Waals surface area (Å²) in [6.07, 6.45) is 1.51. The molecule has 0 N–H and O–H groups in total. The number of ether oxygens (including phenoxy) is 3. The minimum Gasteiger partial charge on any atom is -0.497 e. The van der Waals surface area contributed by atoms with Crippen molar-refractivity contribution in [3.05, 3.63) is 70.7 Å². The Morgan fingerprint density at radius 3 is 2.41 bits per heavy atom. The zero-order chi connectivity index (χ0) is 21.1. The van der Waals surface area contributed by atoms with Crippen molar-refractivity contribution >= 4 is 23.6 Å². The molecule has 1 heterocycles. The molecular weight excluding hydrogens is 377 g/mol. The molecule has 150 valence electrons. The van der Waals surface area contributed by atoms with Crippen LogP contribution in [-0.2, 0) is 14.3 Å². The number of carbonyl (C=O) groups excluding carboxylic acids is 2. The second-order valence-corrected chi connectivity index (χ2v) is 6.21. The van der Waals surface area contributed by atoms with Gasteiger partial charge in [-0.05, 0) is 43.3 Å². The van der Waals surface area contributed by atoms with Crippen molar-refractivity contribution in [3.63, 3.8) is 0 Å². The zero-order valence-corrected chi connectivity index (χ0v) is 16.5. The normalized spacial score (nSPS) is 15.1. The molecule has 0 radical (unpaired) electrons. The third-order valence-corrected chi connectivity index (χ3v) is 4.62. The van der Waals surface area contributed by atoms with Crippen LogP contribution in [0.25, 0.3) is 6.08 Å². The van der Waals surface area contributed by atoms with Gasteiger partial charge in [0, 0.05) is 11.3 Å². The maximum absolute atomic E-state index is 14.4. The molecule has 0 aromatic heterocycles. The van der Waals surface area contributed by atoms with Gasteiger partial charge in [0.1, 0.15) is 17.3 Å². The van der Waals surface area contributed by atoms with Gasteiger partial charge in [0.05, 0.1) is 38.2 Å². The van der Waals surface area contributed by atoms with E-state index in [0.29, 0.717) is 17.1 Å². The first-order chi connectivity index (χ1) is 13.9. The van der Waals surface area contributed by atoms with Crippen LogP contribution in [0, 0.1) is 5.82 Å². The van der Waals surface area contributed by atoms with Gasteiger partial charge in [-0.15, -0.1) is 0 Å². The van der Waals surface area contributed by atoms with E-state index in [0.717, 1.165) is 0 Å². The van der Waals surface area contributed by atoms with Crippen LogP contribution in [0.5, 0.6) is 11.5 Å². The minimum atomic E-state index is -0.692.